The van der Waals surface area contributed by atoms with Gasteiger partial charge in [0, 0.05) is 19.3 Å². The number of morpholine rings is 1. The summed E-state index contributed by atoms with van der Waals surface area (Å²) in [6, 6.07) is 2.33. The summed E-state index contributed by atoms with van der Waals surface area (Å²) in [4.78, 5) is 11.0. The van der Waals surface area contributed by atoms with Crippen LogP contribution in [0.3, 0.4) is 0 Å². The predicted molar refractivity (Wildman–Crippen MR) is 68.4 cm³/mol. The Bertz CT molecular complexity index is 358. The van der Waals surface area contributed by atoms with E-state index < -0.39 is 0 Å². The second-order valence-electron chi connectivity index (χ2n) is 4.28. The van der Waals surface area contributed by atoms with Gasteiger partial charge in [-0.05, 0) is 19.4 Å². The third-order valence-electron chi connectivity index (χ3n) is 2.84. The quantitative estimate of drug-likeness (QED) is 0.859. The Balaban J connectivity index is 2.08. The highest BCUT2D eigenvalue weighted by atomic mass is 16.5. The zero-order valence-corrected chi connectivity index (χ0v) is 10.5. The van der Waals surface area contributed by atoms with Crippen molar-refractivity contribution in [3.63, 3.8) is 0 Å². The third-order valence-corrected chi connectivity index (χ3v) is 2.84. The van der Waals surface area contributed by atoms with E-state index in [0.29, 0.717) is 12.0 Å². The molecule has 17 heavy (non-hydrogen) atoms. The van der Waals surface area contributed by atoms with Crippen molar-refractivity contribution < 1.29 is 4.74 Å². The van der Waals surface area contributed by atoms with Crippen LogP contribution in [0.15, 0.2) is 12.3 Å². The first kappa shape index (κ1) is 12.1. The zero-order chi connectivity index (χ0) is 12.1. The van der Waals surface area contributed by atoms with Crippen molar-refractivity contribution >= 4 is 11.8 Å². The molecule has 0 radical (unpaired) electrons. The normalized spacial score (nSPS) is 20.4. The SMILES string of the molecule is CCCNc1nccc(N2CCOCC2C)n1. The second kappa shape index (κ2) is 5.82. The average Bonchev–Trinajstić information content (AvgIpc) is 2.37. The van der Waals surface area contributed by atoms with Gasteiger partial charge < -0.3 is 15.0 Å². The maximum Gasteiger partial charge on any atom is 0.224 e. The molecule has 5 nitrogen and oxygen atoms in total. The molecule has 1 aromatic rings. The molecular weight excluding hydrogens is 216 g/mol. The monoisotopic (exact) mass is 236 g/mol. The molecule has 94 valence electrons. The van der Waals surface area contributed by atoms with E-state index >= 15 is 0 Å². The van der Waals surface area contributed by atoms with E-state index in [2.05, 4.69) is 34.0 Å². The fourth-order valence-corrected chi connectivity index (χ4v) is 1.90. The van der Waals surface area contributed by atoms with Crippen LogP contribution in [0.25, 0.3) is 0 Å². The molecule has 0 spiro atoms. The Morgan fingerprint density at radius 1 is 1.59 bits per heavy atom. The third kappa shape index (κ3) is 3.06. The largest absolute Gasteiger partial charge is 0.377 e. The van der Waals surface area contributed by atoms with Crippen molar-refractivity contribution in [2.45, 2.75) is 26.3 Å². The average molecular weight is 236 g/mol. The van der Waals surface area contributed by atoms with Crippen LogP contribution in [-0.2, 0) is 4.74 Å². The van der Waals surface area contributed by atoms with E-state index in [1.54, 1.807) is 0 Å². The molecule has 0 aromatic carbocycles. The maximum atomic E-state index is 5.43. The van der Waals surface area contributed by atoms with E-state index in [1.807, 2.05) is 12.3 Å². The lowest BCUT2D eigenvalue weighted by molar-refractivity contribution is 0.0985. The summed E-state index contributed by atoms with van der Waals surface area (Å²) in [5, 5.41) is 3.21. The summed E-state index contributed by atoms with van der Waals surface area (Å²) in [5.41, 5.74) is 0. The van der Waals surface area contributed by atoms with Crippen molar-refractivity contribution in [1.29, 1.82) is 0 Å². The van der Waals surface area contributed by atoms with Gasteiger partial charge >= 0.3 is 0 Å². The number of rotatable bonds is 4. The van der Waals surface area contributed by atoms with Gasteiger partial charge in [0.1, 0.15) is 5.82 Å². The number of ether oxygens (including phenoxy) is 1. The molecule has 1 aliphatic rings. The van der Waals surface area contributed by atoms with Crippen LogP contribution in [0.5, 0.6) is 0 Å². The Kier molecular flexibility index (Phi) is 4.14. The van der Waals surface area contributed by atoms with Crippen LogP contribution in [0.2, 0.25) is 0 Å². The first-order valence-corrected chi connectivity index (χ1v) is 6.22. The summed E-state index contributed by atoms with van der Waals surface area (Å²) >= 11 is 0. The molecule has 1 N–H and O–H groups in total. The standard InChI is InChI=1S/C12H20N4O/c1-3-5-13-12-14-6-4-11(15-12)16-7-8-17-9-10(16)2/h4,6,10H,3,5,7-9H2,1-2H3,(H,13,14,15). The summed E-state index contributed by atoms with van der Waals surface area (Å²) in [6.45, 7) is 7.61. The molecule has 5 heteroatoms. The number of anilines is 2. The lowest BCUT2D eigenvalue weighted by atomic mass is 10.2. The first-order valence-electron chi connectivity index (χ1n) is 6.22. The van der Waals surface area contributed by atoms with E-state index in [-0.39, 0.29) is 0 Å². The fraction of sp³-hybridized carbons (Fsp3) is 0.667. The number of hydrogen-bond acceptors (Lipinski definition) is 5. The summed E-state index contributed by atoms with van der Waals surface area (Å²) < 4.78 is 5.43. The topological polar surface area (TPSA) is 50.3 Å². The van der Waals surface area contributed by atoms with Gasteiger partial charge in [-0.3, -0.25) is 0 Å². The summed E-state index contributed by atoms with van der Waals surface area (Å²) in [6.07, 6.45) is 2.88. The van der Waals surface area contributed by atoms with Crippen LogP contribution in [0, 0.1) is 0 Å². The number of aromatic nitrogens is 2. The van der Waals surface area contributed by atoms with Crippen LogP contribution >= 0.6 is 0 Å². The van der Waals surface area contributed by atoms with Gasteiger partial charge in [0.05, 0.1) is 19.3 Å². The predicted octanol–water partition coefficient (Wildman–Crippen LogP) is 1.52. The van der Waals surface area contributed by atoms with Gasteiger partial charge in [0.15, 0.2) is 0 Å². The number of hydrogen-bond donors (Lipinski definition) is 1. The van der Waals surface area contributed by atoms with Gasteiger partial charge in [-0.1, -0.05) is 6.92 Å². The van der Waals surface area contributed by atoms with Crippen LogP contribution in [0.4, 0.5) is 11.8 Å². The highest BCUT2D eigenvalue weighted by Gasteiger charge is 2.20. The molecule has 2 heterocycles. The van der Waals surface area contributed by atoms with Gasteiger partial charge in [-0.15, -0.1) is 0 Å². The Morgan fingerprint density at radius 2 is 2.47 bits per heavy atom. The van der Waals surface area contributed by atoms with E-state index in [9.17, 15) is 0 Å². The molecule has 0 bridgehead atoms. The maximum absolute atomic E-state index is 5.43. The molecule has 0 amide bonds. The van der Waals surface area contributed by atoms with Crippen LogP contribution < -0.4 is 10.2 Å². The Hall–Kier alpha value is -1.36. The highest BCUT2D eigenvalue weighted by Crippen LogP contribution is 2.17. The Labute approximate surface area is 102 Å². The van der Waals surface area contributed by atoms with Crippen molar-refractivity contribution in [3.8, 4) is 0 Å². The van der Waals surface area contributed by atoms with Crippen molar-refractivity contribution in [1.82, 2.24) is 9.97 Å². The molecule has 1 aliphatic heterocycles. The van der Waals surface area contributed by atoms with E-state index in [0.717, 1.165) is 38.5 Å². The lowest BCUT2D eigenvalue weighted by Gasteiger charge is -2.34. The molecule has 1 fully saturated rings. The van der Waals surface area contributed by atoms with Gasteiger partial charge in [-0.2, -0.15) is 4.98 Å². The van der Waals surface area contributed by atoms with Crippen LogP contribution in [0.1, 0.15) is 20.3 Å². The zero-order valence-electron chi connectivity index (χ0n) is 10.5. The summed E-state index contributed by atoms with van der Waals surface area (Å²) in [5.74, 6) is 1.69. The number of nitrogens with one attached hydrogen (secondary N) is 1. The Morgan fingerprint density at radius 3 is 3.24 bits per heavy atom. The van der Waals surface area contributed by atoms with Gasteiger partial charge in [0.25, 0.3) is 0 Å². The molecular formula is C12H20N4O. The van der Waals surface area contributed by atoms with Crippen molar-refractivity contribution in [3.05, 3.63) is 12.3 Å². The molecule has 0 saturated carbocycles. The smallest absolute Gasteiger partial charge is 0.224 e. The van der Waals surface area contributed by atoms with Crippen LogP contribution in [-0.4, -0.2) is 42.3 Å². The molecule has 1 aromatic heterocycles. The first-order chi connectivity index (χ1) is 8.31. The second-order valence-corrected chi connectivity index (χ2v) is 4.28. The molecule has 1 atom stereocenters. The van der Waals surface area contributed by atoms with E-state index in [1.165, 1.54) is 0 Å². The van der Waals surface area contributed by atoms with Crippen molar-refractivity contribution in [2.75, 3.05) is 36.5 Å². The minimum absolute atomic E-state index is 0.373. The minimum atomic E-state index is 0.373. The van der Waals surface area contributed by atoms with E-state index in [4.69, 9.17) is 4.74 Å². The fourth-order valence-electron chi connectivity index (χ4n) is 1.90. The summed E-state index contributed by atoms with van der Waals surface area (Å²) in [7, 11) is 0. The minimum Gasteiger partial charge on any atom is -0.377 e. The number of nitrogens with zero attached hydrogens (tertiary/aromatic N) is 3. The van der Waals surface area contributed by atoms with Gasteiger partial charge in [-0.25, -0.2) is 4.98 Å². The van der Waals surface area contributed by atoms with Crippen molar-refractivity contribution in [2.24, 2.45) is 0 Å². The molecule has 1 unspecified atom stereocenters. The highest BCUT2D eigenvalue weighted by molar-refractivity contribution is 5.43. The lowest BCUT2D eigenvalue weighted by Crippen LogP contribution is -2.44. The molecule has 1 saturated heterocycles. The van der Waals surface area contributed by atoms with Gasteiger partial charge in [0.2, 0.25) is 5.95 Å². The molecule has 2 rings (SSSR count). The molecule has 0 aliphatic carbocycles.